The monoisotopic (exact) mass is 206 g/mol. The quantitative estimate of drug-likeness (QED) is 0.755. The highest BCUT2D eigenvalue weighted by molar-refractivity contribution is 5.75. The third kappa shape index (κ3) is 2.10. The maximum Gasteiger partial charge on any atom is 0.255 e. The highest BCUT2D eigenvalue weighted by atomic mass is 16.5. The van der Waals surface area contributed by atoms with Crippen molar-refractivity contribution in [3.05, 3.63) is 29.3 Å². The van der Waals surface area contributed by atoms with Crippen LogP contribution in [-0.2, 0) is 11.2 Å². The Hall–Kier alpha value is -1.55. The van der Waals surface area contributed by atoms with Gasteiger partial charge in [-0.1, -0.05) is 6.07 Å². The Morgan fingerprint density at radius 2 is 2.33 bits per heavy atom. The maximum absolute atomic E-state index is 10.5. The molecule has 0 aliphatic heterocycles. The number of aryl methyl sites for hydroxylation is 1. The van der Waals surface area contributed by atoms with Gasteiger partial charge in [-0.25, -0.2) is 0 Å². The molecule has 80 valence electrons. The van der Waals surface area contributed by atoms with E-state index in [-0.39, 0.29) is 12.6 Å². The van der Waals surface area contributed by atoms with Crippen LogP contribution in [-0.4, -0.2) is 12.5 Å². The first-order chi connectivity index (χ1) is 7.16. The van der Waals surface area contributed by atoms with Gasteiger partial charge in [0.15, 0.2) is 6.61 Å². The second kappa shape index (κ2) is 3.90. The minimum absolute atomic E-state index is 0.0785. The minimum Gasteiger partial charge on any atom is -0.484 e. The van der Waals surface area contributed by atoms with E-state index in [9.17, 15) is 4.79 Å². The molecule has 4 N–H and O–H groups in total. The molecule has 0 saturated carbocycles. The lowest BCUT2D eigenvalue weighted by Gasteiger charge is -2.07. The summed E-state index contributed by atoms with van der Waals surface area (Å²) in [4.78, 5) is 10.5. The maximum atomic E-state index is 10.5. The molecule has 2 rings (SSSR count). The van der Waals surface area contributed by atoms with Crippen molar-refractivity contribution in [2.45, 2.75) is 18.9 Å². The van der Waals surface area contributed by atoms with E-state index in [2.05, 4.69) is 0 Å². The second-order valence-electron chi connectivity index (χ2n) is 3.76. The van der Waals surface area contributed by atoms with Crippen LogP contribution in [0.5, 0.6) is 5.75 Å². The second-order valence-corrected chi connectivity index (χ2v) is 3.76. The van der Waals surface area contributed by atoms with Crippen LogP contribution in [0, 0.1) is 0 Å². The molecule has 1 atom stereocenters. The van der Waals surface area contributed by atoms with E-state index in [1.165, 1.54) is 11.1 Å². The number of amides is 1. The molecule has 0 radical (unpaired) electrons. The van der Waals surface area contributed by atoms with Gasteiger partial charge in [0, 0.05) is 6.04 Å². The Morgan fingerprint density at radius 3 is 3.07 bits per heavy atom. The summed E-state index contributed by atoms with van der Waals surface area (Å²) in [5, 5.41) is 0. The topological polar surface area (TPSA) is 78.3 Å². The molecule has 0 aromatic heterocycles. The van der Waals surface area contributed by atoms with Crippen molar-refractivity contribution in [2.75, 3.05) is 6.61 Å². The fraction of sp³-hybridized carbons (Fsp3) is 0.364. The third-order valence-electron chi connectivity index (χ3n) is 2.62. The molecule has 0 saturated heterocycles. The number of carbonyl (C=O) groups excluding carboxylic acids is 1. The smallest absolute Gasteiger partial charge is 0.255 e. The van der Waals surface area contributed by atoms with Gasteiger partial charge < -0.3 is 16.2 Å². The SMILES string of the molecule is NC(=O)COc1ccc2c(c1)CCC2N. The van der Waals surface area contributed by atoms with E-state index in [4.69, 9.17) is 16.2 Å². The van der Waals surface area contributed by atoms with Crippen LogP contribution in [0.3, 0.4) is 0 Å². The molecule has 0 bridgehead atoms. The van der Waals surface area contributed by atoms with E-state index in [0.717, 1.165) is 12.8 Å². The van der Waals surface area contributed by atoms with Crippen LogP contribution in [0.1, 0.15) is 23.6 Å². The Labute approximate surface area is 88.2 Å². The summed E-state index contributed by atoms with van der Waals surface area (Å²) in [7, 11) is 0. The lowest BCUT2D eigenvalue weighted by atomic mass is 10.1. The first kappa shape index (κ1) is 9.98. The van der Waals surface area contributed by atoms with Crippen LogP contribution in [0.25, 0.3) is 0 Å². The first-order valence-corrected chi connectivity index (χ1v) is 4.96. The molecule has 1 aliphatic carbocycles. The average Bonchev–Trinajstić information content (AvgIpc) is 2.57. The number of ether oxygens (including phenoxy) is 1. The average molecular weight is 206 g/mol. The molecule has 1 unspecified atom stereocenters. The van der Waals surface area contributed by atoms with Gasteiger partial charge in [0.25, 0.3) is 5.91 Å². The molecular weight excluding hydrogens is 192 g/mol. The predicted octanol–water partition coefficient (Wildman–Crippen LogP) is 0.497. The fourth-order valence-electron chi connectivity index (χ4n) is 1.87. The van der Waals surface area contributed by atoms with Crippen LogP contribution in [0.15, 0.2) is 18.2 Å². The van der Waals surface area contributed by atoms with Crippen LogP contribution in [0.4, 0.5) is 0 Å². The number of carbonyl (C=O) groups is 1. The third-order valence-corrected chi connectivity index (χ3v) is 2.62. The van der Waals surface area contributed by atoms with Crippen molar-refractivity contribution in [1.29, 1.82) is 0 Å². The molecule has 0 fully saturated rings. The molecule has 1 aromatic carbocycles. The lowest BCUT2D eigenvalue weighted by Crippen LogP contribution is -2.20. The molecule has 1 aliphatic rings. The van der Waals surface area contributed by atoms with Crippen molar-refractivity contribution >= 4 is 5.91 Å². The molecule has 4 heteroatoms. The van der Waals surface area contributed by atoms with E-state index < -0.39 is 5.91 Å². The van der Waals surface area contributed by atoms with Gasteiger partial charge in [-0.15, -0.1) is 0 Å². The predicted molar refractivity (Wildman–Crippen MR) is 56.4 cm³/mol. The van der Waals surface area contributed by atoms with Crippen LogP contribution >= 0.6 is 0 Å². The molecule has 4 nitrogen and oxygen atoms in total. The highest BCUT2D eigenvalue weighted by Crippen LogP contribution is 2.31. The Bertz CT molecular complexity index is 390. The Morgan fingerprint density at radius 1 is 1.53 bits per heavy atom. The molecule has 1 aromatic rings. The van der Waals surface area contributed by atoms with Crippen molar-refractivity contribution in [2.24, 2.45) is 11.5 Å². The van der Waals surface area contributed by atoms with E-state index >= 15 is 0 Å². The summed E-state index contributed by atoms with van der Waals surface area (Å²) >= 11 is 0. The van der Waals surface area contributed by atoms with Gasteiger partial charge in [0.2, 0.25) is 0 Å². The highest BCUT2D eigenvalue weighted by Gasteiger charge is 2.19. The number of hydrogen-bond acceptors (Lipinski definition) is 3. The Balaban J connectivity index is 2.12. The molecule has 0 spiro atoms. The summed E-state index contributed by atoms with van der Waals surface area (Å²) in [6.45, 7) is -0.0785. The number of fused-ring (bicyclic) bond motifs is 1. The zero-order valence-electron chi connectivity index (χ0n) is 8.40. The summed E-state index contributed by atoms with van der Waals surface area (Å²) in [6.07, 6.45) is 1.96. The van der Waals surface area contributed by atoms with E-state index in [1.54, 1.807) is 0 Å². The van der Waals surface area contributed by atoms with Crippen molar-refractivity contribution < 1.29 is 9.53 Å². The van der Waals surface area contributed by atoms with Crippen molar-refractivity contribution in [3.63, 3.8) is 0 Å². The summed E-state index contributed by atoms with van der Waals surface area (Å²) in [5.74, 6) is 0.217. The van der Waals surface area contributed by atoms with Crippen LogP contribution in [0.2, 0.25) is 0 Å². The van der Waals surface area contributed by atoms with E-state index in [1.807, 2.05) is 18.2 Å². The van der Waals surface area contributed by atoms with Gasteiger partial charge in [-0.2, -0.15) is 0 Å². The summed E-state index contributed by atoms with van der Waals surface area (Å²) in [5.41, 5.74) is 13.3. The van der Waals surface area contributed by atoms with Gasteiger partial charge >= 0.3 is 0 Å². The number of benzene rings is 1. The van der Waals surface area contributed by atoms with Crippen molar-refractivity contribution in [3.8, 4) is 5.75 Å². The zero-order chi connectivity index (χ0) is 10.8. The molecule has 1 amide bonds. The zero-order valence-corrected chi connectivity index (χ0v) is 8.40. The standard InChI is InChI=1S/C11H14N2O2/c12-10-4-1-7-5-8(2-3-9(7)10)15-6-11(13)14/h2-3,5,10H,1,4,6,12H2,(H2,13,14). The lowest BCUT2D eigenvalue weighted by molar-refractivity contribution is -0.119. The number of primary amides is 1. The van der Waals surface area contributed by atoms with Gasteiger partial charge in [0.05, 0.1) is 0 Å². The van der Waals surface area contributed by atoms with E-state index in [0.29, 0.717) is 5.75 Å². The number of rotatable bonds is 3. The molecular formula is C11H14N2O2. The Kier molecular flexibility index (Phi) is 2.60. The fourth-order valence-corrected chi connectivity index (χ4v) is 1.87. The molecule has 0 heterocycles. The van der Waals surface area contributed by atoms with Gasteiger partial charge in [-0.05, 0) is 36.1 Å². The minimum atomic E-state index is -0.466. The van der Waals surface area contributed by atoms with Gasteiger partial charge in [-0.3, -0.25) is 4.79 Å². The number of nitrogens with two attached hydrogens (primary N) is 2. The molecule has 15 heavy (non-hydrogen) atoms. The van der Waals surface area contributed by atoms with Crippen molar-refractivity contribution in [1.82, 2.24) is 0 Å². The number of hydrogen-bond donors (Lipinski definition) is 2. The van der Waals surface area contributed by atoms with Crippen LogP contribution < -0.4 is 16.2 Å². The summed E-state index contributed by atoms with van der Waals surface area (Å²) < 4.78 is 5.21. The first-order valence-electron chi connectivity index (χ1n) is 4.96. The van der Waals surface area contributed by atoms with Gasteiger partial charge in [0.1, 0.15) is 5.75 Å². The summed E-state index contributed by atoms with van der Waals surface area (Å²) in [6, 6.07) is 5.87. The largest absolute Gasteiger partial charge is 0.484 e. The normalized spacial score (nSPS) is 18.6.